The van der Waals surface area contributed by atoms with Gasteiger partial charge in [0.15, 0.2) is 0 Å². The van der Waals surface area contributed by atoms with Crippen LogP contribution in [0, 0.1) is 0 Å². The summed E-state index contributed by atoms with van der Waals surface area (Å²) in [6.45, 7) is 6.37. The topological polar surface area (TPSA) is 32.3 Å². The van der Waals surface area contributed by atoms with Gasteiger partial charge < -0.3 is 10.2 Å². The number of amides is 1. The number of alkyl halides is 2. The van der Waals surface area contributed by atoms with Gasteiger partial charge in [-0.05, 0) is 25.5 Å². The molecule has 0 aliphatic rings. The zero-order chi connectivity index (χ0) is 15.0. The summed E-state index contributed by atoms with van der Waals surface area (Å²) < 4.78 is 25.1. The second kappa shape index (κ2) is 8.64. The zero-order valence-corrected chi connectivity index (χ0v) is 12.0. The van der Waals surface area contributed by atoms with E-state index in [1.807, 2.05) is 13.8 Å². The number of carbonyl (C=O) groups excluding carboxylic acids is 1. The first kappa shape index (κ1) is 16.6. The molecule has 1 N–H and O–H groups in total. The van der Waals surface area contributed by atoms with Crippen molar-refractivity contribution >= 4 is 5.91 Å². The fourth-order valence-corrected chi connectivity index (χ4v) is 2.00. The highest BCUT2D eigenvalue weighted by atomic mass is 19.3. The monoisotopic (exact) mass is 284 g/mol. The Bertz CT molecular complexity index is 420. The minimum atomic E-state index is -2.45. The highest BCUT2D eigenvalue weighted by Gasteiger charge is 2.09. The van der Waals surface area contributed by atoms with Crippen LogP contribution in [0.4, 0.5) is 8.78 Å². The molecule has 1 amide bonds. The first-order valence-electron chi connectivity index (χ1n) is 6.94. The van der Waals surface area contributed by atoms with Crippen LogP contribution >= 0.6 is 0 Å². The van der Waals surface area contributed by atoms with Crippen molar-refractivity contribution in [3.8, 4) is 0 Å². The molecule has 1 rings (SSSR count). The molecule has 1 aromatic carbocycles. The molecule has 3 nitrogen and oxygen atoms in total. The van der Waals surface area contributed by atoms with Crippen molar-refractivity contribution < 1.29 is 13.6 Å². The summed E-state index contributed by atoms with van der Waals surface area (Å²) in [6.07, 6.45) is -2.02. The van der Waals surface area contributed by atoms with Crippen molar-refractivity contribution in [2.75, 3.05) is 19.6 Å². The lowest BCUT2D eigenvalue weighted by Gasteiger charge is -2.18. The standard InChI is InChI=1S/C15H22F2N2O/c1-3-19(4-2)14(20)8-9-18-11-12-6-5-7-13(10-12)15(16)17/h5-7,10,15,18H,3-4,8-9,11H2,1-2H3. The van der Waals surface area contributed by atoms with Crippen molar-refractivity contribution in [3.05, 3.63) is 35.4 Å². The van der Waals surface area contributed by atoms with Gasteiger partial charge in [0.25, 0.3) is 6.43 Å². The largest absolute Gasteiger partial charge is 0.343 e. The molecular formula is C15H22F2N2O. The van der Waals surface area contributed by atoms with Gasteiger partial charge in [-0.3, -0.25) is 4.79 Å². The summed E-state index contributed by atoms with van der Waals surface area (Å²) in [5, 5.41) is 3.11. The molecule has 0 atom stereocenters. The van der Waals surface area contributed by atoms with E-state index in [2.05, 4.69) is 5.32 Å². The molecule has 20 heavy (non-hydrogen) atoms. The predicted molar refractivity (Wildman–Crippen MR) is 75.7 cm³/mol. The maximum Gasteiger partial charge on any atom is 0.263 e. The number of carbonyl (C=O) groups is 1. The Morgan fingerprint density at radius 1 is 1.30 bits per heavy atom. The smallest absolute Gasteiger partial charge is 0.263 e. The molecule has 0 aromatic heterocycles. The molecule has 0 aliphatic carbocycles. The second-order valence-corrected chi connectivity index (χ2v) is 4.54. The van der Waals surface area contributed by atoms with Crippen molar-refractivity contribution in [1.29, 1.82) is 0 Å². The fraction of sp³-hybridized carbons (Fsp3) is 0.533. The summed E-state index contributed by atoms with van der Waals surface area (Å²) in [6, 6.07) is 6.33. The lowest BCUT2D eigenvalue weighted by atomic mass is 10.1. The molecule has 0 heterocycles. The molecule has 0 aliphatic heterocycles. The molecule has 5 heteroatoms. The molecule has 0 saturated carbocycles. The first-order valence-corrected chi connectivity index (χ1v) is 6.94. The summed E-state index contributed by atoms with van der Waals surface area (Å²) >= 11 is 0. The average Bonchev–Trinajstić information content (AvgIpc) is 2.45. The van der Waals surface area contributed by atoms with Crippen LogP contribution in [0.2, 0.25) is 0 Å². The SMILES string of the molecule is CCN(CC)C(=O)CCNCc1cccc(C(F)F)c1. The van der Waals surface area contributed by atoms with E-state index in [0.717, 1.165) is 5.56 Å². The molecule has 1 aromatic rings. The second-order valence-electron chi connectivity index (χ2n) is 4.54. The summed E-state index contributed by atoms with van der Waals surface area (Å²) in [5.74, 6) is 0.115. The Morgan fingerprint density at radius 2 is 2.00 bits per heavy atom. The van der Waals surface area contributed by atoms with E-state index in [1.165, 1.54) is 12.1 Å². The normalized spacial score (nSPS) is 10.8. The highest BCUT2D eigenvalue weighted by Crippen LogP contribution is 2.19. The summed E-state index contributed by atoms with van der Waals surface area (Å²) in [5.41, 5.74) is 0.835. The number of nitrogens with zero attached hydrogens (tertiary/aromatic N) is 1. The Kier molecular flexibility index (Phi) is 7.15. The van der Waals surface area contributed by atoms with Gasteiger partial charge in [-0.2, -0.15) is 0 Å². The number of hydrogen-bond acceptors (Lipinski definition) is 2. The fourth-order valence-electron chi connectivity index (χ4n) is 2.00. The van der Waals surface area contributed by atoms with Gasteiger partial charge in [-0.1, -0.05) is 18.2 Å². The average molecular weight is 284 g/mol. The van der Waals surface area contributed by atoms with E-state index in [-0.39, 0.29) is 11.5 Å². The quantitative estimate of drug-likeness (QED) is 0.744. The highest BCUT2D eigenvalue weighted by molar-refractivity contribution is 5.76. The molecular weight excluding hydrogens is 262 g/mol. The maximum atomic E-state index is 12.5. The van der Waals surface area contributed by atoms with Crippen LogP contribution in [0.3, 0.4) is 0 Å². The van der Waals surface area contributed by atoms with Crippen molar-refractivity contribution in [2.24, 2.45) is 0 Å². The number of nitrogens with one attached hydrogen (secondary N) is 1. The van der Waals surface area contributed by atoms with E-state index in [0.29, 0.717) is 32.6 Å². The molecule has 0 unspecified atom stereocenters. The number of hydrogen-bond donors (Lipinski definition) is 1. The first-order chi connectivity index (χ1) is 9.58. The van der Waals surface area contributed by atoms with Gasteiger partial charge in [0.05, 0.1) is 0 Å². The Hall–Kier alpha value is -1.49. The Labute approximate surface area is 119 Å². The predicted octanol–water partition coefficient (Wildman–Crippen LogP) is 2.97. The van der Waals surface area contributed by atoms with Crippen molar-refractivity contribution in [3.63, 3.8) is 0 Å². The third kappa shape index (κ3) is 5.25. The molecule has 112 valence electrons. The van der Waals surface area contributed by atoms with Crippen LogP contribution in [0.15, 0.2) is 24.3 Å². The van der Waals surface area contributed by atoms with Crippen LogP contribution in [0.1, 0.15) is 37.8 Å². The third-order valence-electron chi connectivity index (χ3n) is 3.16. The van der Waals surface area contributed by atoms with E-state index in [1.54, 1.807) is 17.0 Å². The number of benzene rings is 1. The molecule has 0 saturated heterocycles. The Morgan fingerprint density at radius 3 is 2.60 bits per heavy atom. The number of halogens is 2. The van der Waals surface area contributed by atoms with Gasteiger partial charge in [-0.15, -0.1) is 0 Å². The summed E-state index contributed by atoms with van der Waals surface area (Å²) in [4.78, 5) is 13.5. The van der Waals surface area contributed by atoms with Gasteiger partial charge in [-0.25, -0.2) is 8.78 Å². The van der Waals surface area contributed by atoms with Gasteiger partial charge >= 0.3 is 0 Å². The Balaban J connectivity index is 2.34. The van der Waals surface area contributed by atoms with E-state index in [9.17, 15) is 13.6 Å². The van der Waals surface area contributed by atoms with Crippen LogP contribution in [0.25, 0.3) is 0 Å². The van der Waals surface area contributed by atoms with Crippen molar-refractivity contribution in [1.82, 2.24) is 10.2 Å². The van der Waals surface area contributed by atoms with E-state index in [4.69, 9.17) is 0 Å². The lowest BCUT2D eigenvalue weighted by Crippen LogP contribution is -2.32. The molecule has 0 spiro atoms. The maximum absolute atomic E-state index is 12.5. The van der Waals surface area contributed by atoms with Crippen LogP contribution in [0.5, 0.6) is 0 Å². The van der Waals surface area contributed by atoms with Gasteiger partial charge in [0, 0.05) is 38.2 Å². The number of rotatable bonds is 8. The van der Waals surface area contributed by atoms with Gasteiger partial charge in [0.1, 0.15) is 0 Å². The minimum absolute atomic E-state index is 0.0310. The van der Waals surface area contributed by atoms with Crippen molar-refractivity contribution in [2.45, 2.75) is 33.2 Å². The molecule has 0 fully saturated rings. The summed E-state index contributed by atoms with van der Waals surface area (Å²) in [7, 11) is 0. The zero-order valence-electron chi connectivity index (χ0n) is 12.0. The molecule has 0 bridgehead atoms. The van der Waals surface area contributed by atoms with Crippen LogP contribution < -0.4 is 5.32 Å². The third-order valence-corrected chi connectivity index (χ3v) is 3.16. The van der Waals surface area contributed by atoms with E-state index < -0.39 is 6.43 Å². The van der Waals surface area contributed by atoms with Gasteiger partial charge in [0.2, 0.25) is 5.91 Å². The van der Waals surface area contributed by atoms with E-state index >= 15 is 0 Å². The molecule has 0 radical (unpaired) electrons. The lowest BCUT2D eigenvalue weighted by molar-refractivity contribution is -0.130. The van der Waals surface area contributed by atoms with Crippen LogP contribution in [-0.2, 0) is 11.3 Å². The minimum Gasteiger partial charge on any atom is -0.343 e. The van der Waals surface area contributed by atoms with Crippen LogP contribution in [-0.4, -0.2) is 30.4 Å².